The molecule has 1 aliphatic heterocycles. The second kappa shape index (κ2) is 9.92. The predicted octanol–water partition coefficient (Wildman–Crippen LogP) is 6.53. The molecule has 1 fully saturated rings. The molecule has 33 heavy (non-hydrogen) atoms. The lowest BCUT2D eigenvalue weighted by atomic mass is 9.98. The van der Waals surface area contributed by atoms with E-state index in [0.717, 1.165) is 25.9 Å². The van der Waals surface area contributed by atoms with Gasteiger partial charge in [-0.05, 0) is 79.4 Å². The van der Waals surface area contributed by atoms with Crippen LogP contribution in [-0.2, 0) is 0 Å². The van der Waals surface area contributed by atoms with Crippen molar-refractivity contribution < 1.29 is 14.5 Å². The fraction of sp³-hybridized carbons (Fsp3) is 0.240. The molecule has 0 radical (unpaired) electrons. The van der Waals surface area contributed by atoms with Crippen LogP contribution in [-0.4, -0.2) is 23.9 Å². The highest BCUT2D eigenvalue weighted by molar-refractivity contribution is 6.30. The Morgan fingerprint density at radius 2 is 1.64 bits per heavy atom. The number of carbonyl (C=O) groups is 1. The molecule has 0 aliphatic carbocycles. The third kappa shape index (κ3) is 5.62. The van der Waals surface area contributed by atoms with E-state index in [9.17, 15) is 14.9 Å². The van der Waals surface area contributed by atoms with Gasteiger partial charge < -0.3 is 15.0 Å². The van der Waals surface area contributed by atoms with Crippen LogP contribution in [0.5, 0.6) is 11.5 Å². The second-order valence-electron chi connectivity index (χ2n) is 8.16. The molecule has 8 heteroatoms. The fourth-order valence-electron chi connectivity index (χ4n) is 3.78. The summed E-state index contributed by atoms with van der Waals surface area (Å²) < 4.78 is 5.75. The Morgan fingerprint density at radius 1 is 1.03 bits per heavy atom. The van der Waals surface area contributed by atoms with Crippen LogP contribution in [0.15, 0.2) is 66.7 Å². The minimum absolute atomic E-state index is 0.0519. The van der Waals surface area contributed by atoms with Crippen molar-refractivity contribution in [1.29, 1.82) is 0 Å². The summed E-state index contributed by atoms with van der Waals surface area (Å²) in [6.07, 6.45) is 1.99. The van der Waals surface area contributed by atoms with Gasteiger partial charge in [-0.15, -0.1) is 0 Å². The highest BCUT2D eigenvalue weighted by atomic mass is 35.5. The first-order chi connectivity index (χ1) is 15.9. The minimum atomic E-state index is -0.424. The van der Waals surface area contributed by atoms with E-state index in [1.807, 2.05) is 4.90 Å². The number of piperidine rings is 1. The van der Waals surface area contributed by atoms with Crippen LogP contribution in [0.2, 0.25) is 5.02 Å². The monoisotopic (exact) mass is 465 g/mol. The van der Waals surface area contributed by atoms with Crippen LogP contribution in [0.25, 0.3) is 0 Å². The first kappa shape index (κ1) is 22.6. The summed E-state index contributed by atoms with van der Waals surface area (Å²) in [4.78, 5) is 26.0. The number of nitrogens with zero attached hydrogens (tertiary/aromatic N) is 2. The van der Waals surface area contributed by atoms with Crippen LogP contribution in [0.4, 0.5) is 17.1 Å². The molecular formula is C25H24ClN3O4. The highest BCUT2D eigenvalue weighted by Gasteiger charge is 2.24. The van der Waals surface area contributed by atoms with Gasteiger partial charge in [0.05, 0.1) is 4.92 Å². The van der Waals surface area contributed by atoms with Gasteiger partial charge in [0.1, 0.15) is 17.2 Å². The summed E-state index contributed by atoms with van der Waals surface area (Å²) in [5, 5.41) is 15.1. The molecule has 1 heterocycles. The number of nitro benzene ring substituents is 1. The fourth-order valence-corrected chi connectivity index (χ4v) is 3.90. The summed E-state index contributed by atoms with van der Waals surface area (Å²) in [7, 11) is 0. The number of halogens is 1. The molecule has 3 aromatic rings. The summed E-state index contributed by atoms with van der Waals surface area (Å²) in [5.74, 6) is 1.45. The van der Waals surface area contributed by atoms with Gasteiger partial charge in [0.15, 0.2) is 0 Å². The number of hydrogen-bond donors (Lipinski definition) is 1. The number of rotatable bonds is 6. The van der Waals surface area contributed by atoms with Crippen molar-refractivity contribution in [3.8, 4) is 11.5 Å². The number of benzene rings is 3. The quantitative estimate of drug-likeness (QED) is 0.330. The minimum Gasteiger partial charge on any atom is -0.457 e. The van der Waals surface area contributed by atoms with Crippen molar-refractivity contribution in [3.63, 3.8) is 0 Å². The number of nitrogens with one attached hydrogen (secondary N) is 1. The average Bonchev–Trinajstić information content (AvgIpc) is 2.82. The number of ether oxygens (including phenoxy) is 1. The molecule has 1 N–H and O–H groups in total. The van der Waals surface area contributed by atoms with Crippen molar-refractivity contribution in [2.75, 3.05) is 23.3 Å². The Hall–Kier alpha value is -3.58. The van der Waals surface area contributed by atoms with E-state index in [-0.39, 0.29) is 11.3 Å². The molecule has 0 atom stereocenters. The third-order valence-corrected chi connectivity index (χ3v) is 5.97. The Morgan fingerprint density at radius 3 is 2.24 bits per heavy atom. The average molecular weight is 466 g/mol. The van der Waals surface area contributed by atoms with Gasteiger partial charge in [-0.3, -0.25) is 14.9 Å². The van der Waals surface area contributed by atoms with Crippen LogP contribution >= 0.6 is 11.6 Å². The van der Waals surface area contributed by atoms with Crippen molar-refractivity contribution in [2.24, 2.45) is 5.92 Å². The molecule has 3 aromatic carbocycles. The molecule has 1 amide bonds. The molecule has 1 saturated heterocycles. The lowest BCUT2D eigenvalue weighted by Gasteiger charge is -2.31. The van der Waals surface area contributed by atoms with Gasteiger partial charge in [0.2, 0.25) is 0 Å². The van der Waals surface area contributed by atoms with E-state index in [0.29, 0.717) is 33.8 Å². The Kier molecular flexibility index (Phi) is 6.79. The van der Waals surface area contributed by atoms with Crippen LogP contribution in [0.3, 0.4) is 0 Å². The maximum absolute atomic E-state index is 12.7. The van der Waals surface area contributed by atoms with Gasteiger partial charge in [0, 0.05) is 35.4 Å². The van der Waals surface area contributed by atoms with E-state index in [1.165, 1.54) is 6.07 Å². The normalized spacial score (nSPS) is 14.1. The van der Waals surface area contributed by atoms with E-state index in [4.69, 9.17) is 16.3 Å². The number of nitro groups is 1. The van der Waals surface area contributed by atoms with Gasteiger partial charge >= 0.3 is 0 Å². The summed E-state index contributed by atoms with van der Waals surface area (Å²) in [5.41, 5.74) is 1.30. The molecule has 1 aliphatic rings. The molecule has 0 aromatic heterocycles. The summed E-state index contributed by atoms with van der Waals surface area (Å²) >= 11 is 5.88. The van der Waals surface area contributed by atoms with E-state index in [1.54, 1.807) is 60.7 Å². The van der Waals surface area contributed by atoms with Gasteiger partial charge in [-0.25, -0.2) is 0 Å². The molecule has 0 saturated carbocycles. The molecule has 0 spiro atoms. The highest BCUT2D eigenvalue weighted by Crippen LogP contribution is 2.32. The zero-order chi connectivity index (χ0) is 23.4. The molecule has 7 nitrogen and oxygen atoms in total. The van der Waals surface area contributed by atoms with Crippen LogP contribution in [0, 0.1) is 16.0 Å². The largest absolute Gasteiger partial charge is 0.457 e. The van der Waals surface area contributed by atoms with Gasteiger partial charge in [-0.2, -0.15) is 0 Å². The number of hydrogen-bond acceptors (Lipinski definition) is 5. The maximum Gasteiger partial charge on any atom is 0.293 e. The first-order valence-electron chi connectivity index (χ1n) is 10.8. The van der Waals surface area contributed by atoms with Crippen LogP contribution < -0.4 is 15.0 Å². The molecular weight excluding hydrogens is 442 g/mol. The number of carbonyl (C=O) groups excluding carboxylic acids is 1. The first-order valence-corrected chi connectivity index (χ1v) is 11.1. The molecule has 170 valence electrons. The maximum atomic E-state index is 12.7. The number of amides is 1. The third-order valence-electron chi connectivity index (χ3n) is 5.72. The van der Waals surface area contributed by atoms with Crippen molar-refractivity contribution in [1.82, 2.24) is 0 Å². The Bertz CT molecular complexity index is 1140. The van der Waals surface area contributed by atoms with Gasteiger partial charge in [0.25, 0.3) is 11.6 Å². The van der Waals surface area contributed by atoms with E-state index >= 15 is 0 Å². The predicted molar refractivity (Wildman–Crippen MR) is 130 cm³/mol. The lowest BCUT2D eigenvalue weighted by Crippen LogP contribution is -2.33. The van der Waals surface area contributed by atoms with Crippen LogP contribution in [0.1, 0.15) is 30.1 Å². The Balaban J connectivity index is 1.45. The molecule has 4 rings (SSSR count). The smallest absolute Gasteiger partial charge is 0.293 e. The summed E-state index contributed by atoms with van der Waals surface area (Å²) in [6, 6.07) is 18.5. The lowest BCUT2D eigenvalue weighted by molar-refractivity contribution is -0.384. The second-order valence-corrected chi connectivity index (χ2v) is 8.60. The summed E-state index contributed by atoms with van der Waals surface area (Å²) in [6.45, 7) is 3.74. The standard InChI is InChI=1S/C25H24ClN3O4/c1-17-12-14-28(15-13-17)23-11-2-18(16-24(23)29(31)32)25(30)27-20-5-9-22(10-6-20)33-21-7-3-19(26)4-8-21/h2-11,16-17H,12-15H2,1H3,(H,27,30). The van der Waals surface area contributed by atoms with Crippen molar-refractivity contribution >= 4 is 34.6 Å². The van der Waals surface area contributed by atoms with E-state index < -0.39 is 10.8 Å². The van der Waals surface area contributed by atoms with E-state index in [2.05, 4.69) is 12.2 Å². The molecule has 0 unspecified atom stereocenters. The SMILES string of the molecule is CC1CCN(c2ccc(C(=O)Nc3ccc(Oc4ccc(Cl)cc4)cc3)cc2[N+](=O)[O-])CC1. The zero-order valence-electron chi connectivity index (χ0n) is 18.2. The van der Waals surface area contributed by atoms with Crippen molar-refractivity contribution in [2.45, 2.75) is 19.8 Å². The van der Waals surface area contributed by atoms with Crippen molar-refractivity contribution in [3.05, 3.63) is 87.4 Å². The number of anilines is 2. The molecule has 0 bridgehead atoms. The zero-order valence-corrected chi connectivity index (χ0v) is 18.9. The topological polar surface area (TPSA) is 84.7 Å². The van der Waals surface area contributed by atoms with Gasteiger partial charge in [-0.1, -0.05) is 18.5 Å². The Labute approximate surface area is 197 Å².